The summed E-state index contributed by atoms with van der Waals surface area (Å²) >= 11 is 3.23. The molecule has 0 spiro atoms. The number of rotatable bonds is 5. The lowest BCUT2D eigenvalue weighted by molar-refractivity contribution is 0.0949. The van der Waals surface area contributed by atoms with Gasteiger partial charge >= 0.3 is 0 Å². The zero-order valence-corrected chi connectivity index (χ0v) is 13.0. The van der Waals surface area contributed by atoms with E-state index in [4.69, 9.17) is 4.74 Å². The molecule has 1 N–H and O–H groups in total. The van der Waals surface area contributed by atoms with Gasteiger partial charge in [-0.3, -0.25) is 4.79 Å². The number of aromatic nitrogens is 1. The maximum absolute atomic E-state index is 13.2. The van der Waals surface area contributed by atoms with Crippen molar-refractivity contribution in [1.82, 2.24) is 10.3 Å². The molecule has 0 saturated carbocycles. The van der Waals surface area contributed by atoms with Gasteiger partial charge in [-0.1, -0.05) is 6.07 Å². The van der Waals surface area contributed by atoms with Crippen LogP contribution in [0, 0.1) is 5.82 Å². The molecule has 0 aliphatic heterocycles. The second-order valence-corrected chi connectivity index (χ2v) is 5.06. The summed E-state index contributed by atoms with van der Waals surface area (Å²) in [5.74, 6) is -0.342. The van der Waals surface area contributed by atoms with Crippen LogP contribution in [-0.2, 0) is 6.54 Å². The molecule has 1 aromatic carbocycles. The predicted molar refractivity (Wildman–Crippen MR) is 80.7 cm³/mol. The van der Waals surface area contributed by atoms with Crippen LogP contribution in [0.5, 0.6) is 5.88 Å². The van der Waals surface area contributed by atoms with E-state index in [1.165, 1.54) is 18.2 Å². The Hall–Kier alpha value is -1.95. The number of carbonyl (C=O) groups is 1. The Morgan fingerprint density at radius 2 is 2.24 bits per heavy atom. The fourth-order valence-corrected chi connectivity index (χ4v) is 2.19. The van der Waals surface area contributed by atoms with Gasteiger partial charge < -0.3 is 10.1 Å². The second kappa shape index (κ2) is 7.17. The zero-order chi connectivity index (χ0) is 15.2. The van der Waals surface area contributed by atoms with Crippen molar-refractivity contribution in [3.8, 4) is 5.88 Å². The van der Waals surface area contributed by atoms with Crippen LogP contribution in [0.3, 0.4) is 0 Å². The minimum Gasteiger partial charge on any atom is -0.478 e. The van der Waals surface area contributed by atoms with Gasteiger partial charge in [0.1, 0.15) is 5.82 Å². The number of benzene rings is 1. The largest absolute Gasteiger partial charge is 0.478 e. The molecule has 6 heteroatoms. The number of amides is 1. The van der Waals surface area contributed by atoms with Gasteiger partial charge in [-0.05, 0) is 47.1 Å². The highest BCUT2D eigenvalue weighted by molar-refractivity contribution is 9.10. The second-order valence-electron chi connectivity index (χ2n) is 4.21. The van der Waals surface area contributed by atoms with Gasteiger partial charge in [-0.25, -0.2) is 9.37 Å². The van der Waals surface area contributed by atoms with Gasteiger partial charge in [0.2, 0.25) is 5.88 Å². The first-order chi connectivity index (χ1) is 10.1. The fraction of sp³-hybridized carbons (Fsp3) is 0.200. The van der Waals surface area contributed by atoms with Crippen molar-refractivity contribution in [2.75, 3.05) is 6.61 Å². The number of ether oxygens (including phenoxy) is 1. The molecule has 2 aromatic rings. The maximum atomic E-state index is 13.2. The lowest BCUT2D eigenvalue weighted by Crippen LogP contribution is -2.23. The van der Waals surface area contributed by atoms with E-state index in [0.717, 1.165) is 5.56 Å². The van der Waals surface area contributed by atoms with E-state index in [0.29, 0.717) is 17.0 Å². The Morgan fingerprint density at radius 1 is 1.43 bits per heavy atom. The molecule has 1 heterocycles. The number of halogens is 2. The molecular weight excluding hydrogens is 339 g/mol. The number of hydrogen-bond donors (Lipinski definition) is 1. The third kappa shape index (κ3) is 4.01. The van der Waals surface area contributed by atoms with Crippen molar-refractivity contribution in [2.24, 2.45) is 0 Å². The van der Waals surface area contributed by atoms with Crippen molar-refractivity contribution >= 4 is 21.8 Å². The standard InChI is InChI=1S/C15H14BrFN2O2/c1-2-21-15-10(4-3-7-18-15)9-19-14(20)12-8-11(17)5-6-13(12)16/h3-8H,2,9H2,1H3,(H,19,20). The smallest absolute Gasteiger partial charge is 0.252 e. The van der Waals surface area contributed by atoms with E-state index in [1.54, 1.807) is 12.3 Å². The molecule has 4 nitrogen and oxygen atoms in total. The Morgan fingerprint density at radius 3 is 3.00 bits per heavy atom. The molecule has 1 aromatic heterocycles. The molecule has 0 aliphatic rings. The Balaban J connectivity index is 2.09. The van der Waals surface area contributed by atoms with E-state index in [1.807, 2.05) is 13.0 Å². The number of carbonyl (C=O) groups excluding carboxylic acids is 1. The highest BCUT2D eigenvalue weighted by atomic mass is 79.9. The topological polar surface area (TPSA) is 51.2 Å². The van der Waals surface area contributed by atoms with Crippen LogP contribution in [0.4, 0.5) is 4.39 Å². The SMILES string of the molecule is CCOc1ncccc1CNC(=O)c1cc(F)ccc1Br. The number of pyridine rings is 1. The monoisotopic (exact) mass is 352 g/mol. The van der Waals surface area contributed by atoms with Crippen molar-refractivity contribution in [1.29, 1.82) is 0 Å². The summed E-state index contributed by atoms with van der Waals surface area (Å²) in [6.45, 7) is 2.61. The molecule has 1 amide bonds. The molecule has 21 heavy (non-hydrogen) atoms. The Labute approximate surface area is 130 Å². The van der Waals surface area contributed by atoms with Gasteiger partial charge in [-0.2, -0.15) is 0 Å². The highest BCUT2D eigenvalue weighted by Crippen LogP contribution is 2.18. The summed E-state index contributed by atoms with van der Waals surface area (Å²) in [6, 6.07) is 7.56. The minimum atomic E-state index is -0.459. The predicted octanol–water partition coefficient (Wildman–Crippen LogP) is 3.31. The summed E-state index contributed by atoms with van der Waals surface area (Å²) in [5, 5.41) is 2.73. The van der Waals surface area contributed by atoms with E-state index < -0.39 is 5.82 Å². The van der Waals surface area contributed by atoms with Gasteiger partial charge in [0.25, 0.3) is 5.91 Å². The molecule has 0 bridgehead atoms. The van der Waals surface area contributed by atoms with Crippen molar-refractivity contribution in [3.05, 3.63) is 57.9 Å². The first kappa shape index (κ1) is 15.4. The molecule has 0 atom stereocenters. The van der Waals surface area contributed by atoms with Crippen molar-refractivity contribution in [2.45, 2.75) is 13.5 Å². The first-order valence-electron chi connectivity index (χ1n) is 6.41. The number of nitrogens with one attached hydrogen (secondary N) is 1. The Kier molecular flexibility index (Phi) is 5.27. The third-order valence-corrected chi connectivity index (χ3v) is 3.43. The molecular formula is C15H14BrFN2O2. The van der Waals surface area contributed by atoms with Gasteiger partial charge in [-0.15, -0.1) is 0 Å². The fourth-order valence-electron chi connectivity index (χ4n) is 1.77. The average Bonchev–Trinajstić information content (AvgIpc) is 2.49. The first-order valence-corrected chi connectivity index (χ1v) is 7.21. The molecule has 0 fully saturated rings. The van der Waals surface area contributed by atoms with Crippen molar-refractivity contribution < 1.29 is 13.9 Å². The van der Waals surface area contributed by atoms with Crippen LogP contribution in [-0.4, -0.2) is 17.5 Å². The van der Waals surface area contributed by atoms with E-state index >= 15 is 0 Å². The minimum absolute atomic E-state index is 0.247. The number of nitrogens with zero attached hydrogens (tertiary/aromatic N) is 1. The summed E-state index contributed by atoms with van der Waals surface area (Å²) in [7, 11) is 0. The number of hydrogen-bond acceptors (Lipinski definition) is 3. The lowest BCUT2D eigenvalue weighted by Gasteiger charge is -2.10. The van der Waals surface area contributed by atoms with Crippen LogP contribution >= 0.6 is 15.9 Å². The summed E-state index contributed by atoms with van der Waals surface area (Å²) in [5.41, 5.74) is 1.01. The van der Waals surface area contributed by atoms with Gasteiger partial charge in [0.05, 0.1) is 12.2 Å². The van der Waals surface area contributed by atoms with E-state index in [2.05, 4.69) is 26.2 Å². The summed E-state index contributed by atoms with van der Waals surface area (Å²) < 4.78 is 19.1. The Bertz CT molecular complexity index is 649. The van der Waals surface area contributed by atoms with Crippen molar-refractivity contribution in [3.63, 3.8) is 0 Å². The van der Waals surface area contributed by atoms with Gasteiger partial charge in [0.15, 0.2) is 0 Å². The summed E-state index contributed by atoms with van der Waals surface area (Å²) in [6.07, 6.45) is 1.62. The zero-order valence-electron chi connectivity index (χ0n) is 11.4. The lowest BCUT2D eigenvalue weighted by atomic mass is 10.2. The highest BCUT2D eigenvalue weighted by Gasteiger charge is 2.12. The van der Waals surface area contributed by atoms with Crippen LogP contribution in [0.1, 0.15) is 22.8 Å². The van der Waals surface area contributed by atoms with Crippen LogP contribution in [0.25, 0.3) is 0 Å². The molecule has 0 unspecified atom stereocenters. The molecule has 0 saturated heterocycles. The van der Waals surface area contributed by atoms with Crippen LogP contribution in [0.2, 0.25) is 0 Å². The summed E-state index contributed by atoms with van der Waals surface area (Å²) in [4.78, 5) is 16.2. The van der Waals surface area contributed by atoms with E-state index in [9.17, 15) is 9.18 Å². The maximum Gasteiger partial charge on any atom is 0.252 e. The van der Waals surface area contributed by atoms with E-state index in [-0.39, 0.29) is 18.0 Å². The average molecular weight is 353 g/mol. The molecule has 110 valence electrons. The normalized spacial score (nSPS) is 10.2. The quantitative estimate of drug-likeness (QED) is 0.897. The van der Waals surface area contributed by atoms with Crippen LogP contribution in [0.15, 0.2) is 41.0 Å². The molecule has 2 rings (SSSR count). The third-order valence-electron chi connectivity index (χ3n) is 2.74. The molecule has 0 aliphatic carbocycles. The van der Waals surface area contributed by atoms with Crippen LogP contribution < -0.4 is 10.1 Å². The molecule has 0 radical (unpaired) electrons. The van der Waals surface area contributed by atoms with Gasteiger partial charge in [0, 0.05) is 22.8 Å².